The molecule has 102 valence electrons. The maximum absolute atomic E-state index is 11.4. The van der Waals surface area contributed by atoms with Gasteiger partial charge < -0.3 is 14.2 Å². The van der Waals surface area contributed by atoms with Gasteiger partial charge in [0, 0.05) is 12.6 Å². The number of hydrogen-bond donors (Lipinski definition) is 1. The zero-order chi connectivity index (χ0) is 14.0. The van der Waals surface area contributed by atoms with E-state index in [2.05, 4.69) is 10.2 Å². The van der Waals surface area contributed by atoms with Crippen molar-refractivity contribution in [2.75, 3.05) is 21.3 Å². The number of aromatic amines is 1. The third-order valence-corrected chi connectivity index (χ3v) is 2.80. The Morgan fingerprint density at radius 2 is 1.68 bits per heavy atom. The van der Waals surface area contributed by atoms with Gasteiger partial charge >= 0.3 is 5.69 Å². The minimum Gasteiger partial charge on any atom is -0.493 e. The summed E-state index contributed by atoms with van der Waals surface area (Å²) in [6.07, 6.45) is 0. The predicted octanol–water partition coefficient (Wildman–Crippen LogP) is 0.801. The van der Waals surface area contributed by atoms with E-state index in [-0.39, 0.29) is 5.69 Å². The maximum Gasteiger partial charge on any atom is 0.343 e. The fourth-order valence-corrected chi connectivity index (χ4v) is 1.82. The van der Waals surface area contributed by atoms with Gasteiger partial charge in [0.05, 0.1) is 21.3 Å². The summed E-state index contributed by atoms with van der Waals surface area (Å²) in [5.41, 5.74) is 0.402. The Morgan fingerprint density at radius 3 is 2.05 bits per heavy atom. The van der Waals surface area contributed by atoms with Crippen molar-refractivity contribution in [1.82, 2.24) is 14.8 Å². The Bertz CT molecular complexity index is 620. The maximum atomic E-state index is 11.4. The summed E-state index contributed by atoms with van der Waals surface area (Å²) in [7, 11) is 6.23. The fourth-order valence-electron chi connectivity index (χ4n) is 1.82. The number of H-pyrrole nitrogens is 1. The number of aromatic nitrogens is 3. The standard InChI is InChI=1S/C12H15N3O4/c1-15-11(13-14-12(15)16)7-5-8(17-2)10(19-4)9(6-7)18-3/h5-6H,1-4H3,(H,14,16). The Hall–Kier alpha value is -2.44. The molecular weight excluding hydrogens is 250 g/mol. The molecule has 1 aromatic carbocycles. The van der Waals surface area contributed by atoms with Crippen LogP contribution >= 0.6 is 0 Å². The van der Waals surface area contributed by atoms with Crippen LogP contribution in [0.1, 0.15) is 0 Å². The van der Waals surface area contributed by atoms with E-state index in [1.54, 1.807) is 19.2 Å². The van der Waals surface area contributed by atoms with Crippen LogP contribution in [0, 0.1) is 0 Å². The molecule has 0 aliphatic rings. The molecule has 1 heterocycles. The molecule has 0 radical (unpaired) electrons. The molecular formula is C12H15N3O4. The first-order valence-corrected chi connectivity index (χ1v) is 5.54. The molecule has 2 rings (SSSR count). The average molecular weight is 265 g/mol. The van der Waals surface area contributed by atoms with Gasteiger partial charge in [0.15, 0.2) is 17.3 Å². The van der Waals surface area contributed by atoms with Gasteiger partial charge in [-0.25, -0.2) is 9.89 Å². The number of nitrogens with zero attached hydrogens (tertiary/aromatic N) is 2. The second-order valence-corrected chi connectivity index (χ2v) is 3.83. The van der Waals surface area contributed by atoms with E-state index in [4.69, 9.17) is 14.2 Å². The summed E-state index contributed by atoms with van der Waals surface area (Å²) in [5, 5.41) is 6.35. The molecule has 2 aromatic rings. The first-order chi connectivity index (χ1) is 9.12. The van der Waals surface area contributed by atoms with Gasteiger partial charge in [0.25, 0.3) is 0 Å². The van der Waals surface area contributed by atoms with Crippen LogP contribution < -0.4 is 19.9 Å². The lowest BCUT2D eigenvalue weighted by Crippen LogP contribution is -2.13. The molecule has 0 spiro atoms. The largest absolute Gasteiger partial charge is 0.493 e. The molecule has 0 aliphatic heterocycles. The molecule has 7 nitrogen and oxygen atoms in total. The van der Waals surface area contributed by atoms with E-state index in [0.717, 1.165) is 0 Å². The van der Waals surface area contributed by atoms with Crippen molar-refractivity contribution >= 4 is 0 Å². The summed E-state index contributed by atoms with van der Waals surface area (Å²) in [6, 6.07) is 3.47. The molecule has 0 aliphatic carbocycles. The van der Waals surface area contributed by atoms with Crippen LogP contribution in [0.4, 0.5) is 0 Å². The van der Waals surface area contributed by atoms with Crippen LogP contribution in [0.5, 0.6) is 17.2 Å². The predicted molar refractivity (Wildman–Crippen MR) is 68.9 cm³/mol. The van der Waals surface area contributed by atoms with Crippen molar-refractivity contribution in [1.29, 1.82) is 0 Å². The van der Waals surface area contributed by atoms with Gasteiger partial charge in [-0.3, -0.25) is 4.57 Å². The molecule has 0 fully saturated rings. The Labute approximate surface area is 109 Å². The zero-order valence-electron chi connectivity index (χ0n) is 11.2. The second kappa shape index (κ2) is 5.05. The van der Waals surface area contributed by atoms with Crippen LogP contribution in [0.3, 0.4) is 0 Å². The van der Waals surface area contributed by atoms with Gasteiger partial charge in [0.2, 0.25) is 5.75 Å². The Morgan fingerprint density at radius 1 is 1.11 bits per heavy atom. The number of hydrogen-bond acceptors (Lipinski definition) is 5. The van der Waals surface area contributed by atoms with Crippen LogP contribution in [0.2, 0.25) is 0 Å². The van der Waals surface area contributed by atoms with E-state index in [9.17, 15) is 4.79 Å². The van der Waals surface area contributed by atoms with E-state index < -0.39 is 0 Å². The number of ether oxygens (including phenoxy) is 3. The van der Waals surface area contributed by atoms with E-state index in [1.165, 1.54) is 25.9 Å². The molecule has 0 atom stereocenters. The van der Waals surface area contributed by atoms with Gasteiger partial charge in [0.1, 0.15) is 0 Å². The van der Waals surface area contributed by atoms with Gasteiger partial charge in [-0.1, -0.05) is 0 Å². The minimum absolute atomic E-state index is 0.288. The highest BCUT2D eigenvalue weighted by atomic mass is 16.5. The minimum atomic E-state index is -0.288. The van der Waals surface area contributed by atoms with Crippen molar-refractivity contribution in [3.63, 3.8) is 0 Å². The monoisotopic (exact) mass is 265 g/mol. The van der Waals surface area contributed by atoms with Crippen molar-refractivity contribution in [3.8, 4) is 28.6 Å². The van der Waals surface area contributed by atoms with Crippen molar-refractivity contribution in [2.24, 2.45) is 7.05 Å². The smallest absolute Gasteiger partial charge is 0.343 e. The third-order valence-electron chi connectivity index (χ3n) is 2.80. The molecule has 1 aromatic heterocycles. The summed E-state index contributed by atoms with van der Waals surface area (Å²) < 4.78 is 17.2. The summed E-state index contributed by atoms with van der Waals surface area (Å²) >= 11 is 0. The van der Waals surface area contributed by atoms with Gasteiger partial charge in [-0.2, -0.15) is 5.10 Å². The highest BCUT2D eigenvalue weighted by Gasteiger charge is 2.16. The van der Waals surface area contributed by atoms with Gasteiger partial charge in [-0.05, 0) is 12.1 Å². The normalized spacial score (nSPS) is 10.3. The first kappa shape index (κ1) is 13.0. The zero-order valence-corrected chi connectivity index (χ0v) is 11.2. The van der Waals surface area contributed by atoms with Crippen molar-refractivity contribution < 1.29 is 14.2 Å². The topological polar surface area (TPSA) is 78.4 Å². The SMILES string of the molecule is COc1cc(-c2n[nH]c(=O)n2C)cc(OC)c1OC. The summed E-state index contributed by atoms with van der Waals surface area (Å²) in [4.78, 5) is 11.4. The summed E-state index contributed by atoms with van der Waals surface area (Å²) in [5.74, 6) is 2.00. The summed E-state index contributed by atoms with van der Waals surface area (Å²) in [6.45, 7) is 0. The highest BCUT2D eigenvalue weighted by molar-refractivity contribution is 5.66. The number of nitrogens with one attached hydrogen (secondary N) is 1. The number of rotatable bonds is 4. The van der Waals surface area contributed by atoms with Crippen molar-refractivity contribution in [2.45, 2.75) is 0 Å². The molecule has 19 heavy (non-hydrogen) atoms. The van der Waals surface area contributed by atoms with Crippen LogP contribution in [0.25, 0.3) is 11.4 Å². The highest BCUT2D eigenvalue weighted by Crippen LogP contribution is 2.40. The molecule has 7 heteroatoms. The lowest BCUT2D eigenvalue weighted by molar-refractivity contribution is 0.324. The Kier molecular flexibility index (Phi) is 3.46. The lowest BCUT2D eigenvalue weighted by atomic mass is 10.1. The molecule has 0 saturated heterocycles. The lowest BCUT2D eigenvalue weighted by Gasteiger charge is -2.13. The molecule has 1 N–H and O–H groups in total. The van der Waals surface area contributed by atoms with Crippen molar-refractivity contribution in [3.05, 3.63) is 22.6 Å². The number of benzene rings is 1. The quantitative estimate of drug-likeness (QED) is 0.884. The Balaban J connectivity index is 2.65. The number of methoxy groups -OCH3 is 3. The van der Waals surface area contributed by atoms with Crippen LogP contribution in [-0.2, 0) is 7.05 Å². The van der Waals surface area contributed by atoms with Crippen LogP contribution in [-0.4, -0.2) is 36.1 Å². The average Bonchev–Trinajstić information content (AvgIpc) is 2.77. The first-order valence-electron chi connectivity index (χ1n) is 5.54. The van der Waals surface area contributed by atoms with Crippen LogP contribution in [0.15, 0.2) is 16.9 Å². The molecule has 0 bridgehead atoms. The molecule has 0 unspecified atom stereocenters. The van der Waals surface area contributed by atoms with Gasteiger partial charge in [-0.15, -0.1) is 0 Å². The van der Waals surface area contributed by atoms with E-state index in [1.807, 2.05) is 0 Å². The molecule has 0 saturated carbocycles. The molecule has 0 amide bonds. The second-order valence-electron chi connectivity index (χ2n) is 3.83. The van der Waals surface area contributed by atoms with E-state index >= 15 is 0 Å². The van der Waals surface area contributed by atoms with E-state index in [0.29, 0.717) is 28.6 Å². The fraction of sp³-hybridized carbons (Fsp3) is 0.333. The third kappa shape index (κ3) is 2.14.